The highest BCUT2D eigenvalue weighted by atomic mass is 31.2. The summed E-state index contributed by atoms with van der Waals surface area (Å²) in [6.07, 6.45) is 11.3. The molecule has 0 saturated carbocycles. The fourth-order valence-corrected chi connectivity index (χ4v) is 2.88. The molecule has 0 atom stereocenters. The van der Waals surface area contributed by atoms with Crippen LogP contribution in [-0.4, -0.2) is 19.5 Å². The smallest absolute Gasteiger partial charge is 0.0819 e. The monoisotopic (exact) mass is 264 g/mol. The Hall–Kier alpha value is -0.810. The van der Waals surface area contributed by atoms with Crippen molar-refractivity contribution in [3.63, 3.8) is 0 Å². The highest BCUT2D eigenvalue weighted by Crippen LogP contribution is 2.36. The molecule has 2 heteroatoms. The zero-order chi connectivity index (χ0) is 13.3. The molecule has 0 aromatic heterocycles. The summed E-state index contributed by atoms with van der Waals surface area (Å²) in [5, 5.41) is 0. The highest BCUT2D eigenvalue weighted by molar-refractivity contribution is 7.62. The van der Waals surface area contributed by atoms with E-state index in [0.29, 0.717) is 0 Å². The molecule has 0 spiro atoms. The minimum Gasteiger partial charge on any atom is -0.324 e. The van der Waals surface area contributed by atoms with Crippen LogP contribution in [0.1, 0.15) is 37.7 Å². The zero-order valence-electron chi connectivity index (χ0n) is 11.6. The van der Waals surface area contributed by atoms with Gasteiger partial charge in [0.2, 0.25) is 0 Å². The van der Waals surface area contributed by atoms with Crippen LogP contribution in [0.2, 0.25) is 0 Å². The first-order valence-corrected chi connectivity index (χ1v) is 9.62. The third kappa shape index (κ3) is 8.31. The maximum atomic E-state index is 11.5. The van der Waals surface area contributed by atoms with E-state index in [1.54, 1.807) is 0 Å². The molecular weight excluding hydrogens is 239 g/mol. The Bertz CT molecular complexity index is 389. The molecule has 0 aliphatic rings. The van der Waals surface area contributed by atoms with E-state index in [0.717, 1.165) is 19.0 Å². The molecule has 0 N–H and O–H groups in total. The quantitative estimate of drug-likeness (QED) is 0.461. The van der Waals surface area contributed by atoms with Crippen molar-refractivity contribution in [1.82, 2.24) is 0 Å². The van der Waals surface area contributed by atoms with Crippen molar-refractivity contribution >= 4 is 13.2 Å². The van der Waals surface area contributed by atoms with Crippen LogP contribution in [0.3, 0.4) is 0 Å². The largest absolute Gasteiger partial charge is 0.324 e. The molecule has 0 aliphatic heterocycles. The van der Waals surface area contributed by atoms with Crippen LogP contribution in [0.15, 0.2) is 36.4 Å². The van der Waals surface area contributed by atoms with E-state index in [1.807, 2.05) is 19.4 Å². The van der Waals surface area contributed by atoms with Gasteiger partial charge in [-0.2, -0.15) is 0 Å². The number of hydrogen-bond acceptors (Lipinski definition) is 1. The molecule has 1 aromatic rings. The first-order chi connectivity index (χ1) is 8.58. The predicted octanol–water partition coefficient (Wildman–Crippen LogP) is 5.27. The number of rotatable bonds is 8. The van der Waals surface area contributed by atoms with Gasteiger partial charge in [0.25, 0.3) is 0 Å². The van der Waals surface area contributed by atoms with E-state index in [1.165, 1.54) is 24.8 Å². The molecule has 0 saturated heterocycles. The molecule has 0 radical (unpaired) electrons. The lowest BCUT2D eigenvalue weighted by atomic mass is 10.1. The van der Waals surface area contributed by atoms with E-state index >= 15 is 0 Å². The molecule has 100 valence electrons. The Balaban J connectivity index is 2.02. The normalized spacial score (nSPS) is 12.1. The predicted molar refractivity (Wildman–Crippen MR) is 82.9 cm³/mol. The highest BCUT2D eigenvalue weighted by Gasteiger charge is 2.04. The number of benzene rings is 1. The fraction of sp³-hybridized carbons (Fsp3) is 0.500. The van der Waals surface area contributed by atoms with E-state index < -0.39 is 7.14 Å². The Morgan fingerprint density at radius 3 is 2.33 bits per heavy atom. The van der Waals surface area contributed by atoms with Crippen LogP contribution >= 0.6 is 7.14 Å². The first kappa shape index (κ1) is 15.2. The minimum absolute atomic E-state index is 0.910. The van der Waals surface area contributed by atoms with Gasteiger partial charge in [-0.1, -0.05) is 55.3 Å². The van der Waals surface area contributed by atoms with E-state index in [2.05, 4.69) is 36.4 Å². The molecule has 18 heavy (non-hydrogen) atoms. The molecular formula is C16H25OP. The van der Waals surface area contributed by atoms with Crippen LogP contribution in [0, 0.1) is 0 Å². The molecule has 0 aliphatic carbocycles. The lowest BCUT2D eigenvalue weighted by Crippen LogP contribution is -1.86. The lowest BCUT2D eigenvalue weighted by Gasteiger charge is -2.05. The Labute approximate surface area is 112 Å². The second-order valence-electron chi connectivity index (χ2n) is 5.31. The summed E-state index contributed by atoms with van der Waals surface area (Å²) in [6, 6.07) is 10.4. The van der Waals surface area contributed by atoms with Gasteiger partial charge < -0.3 is 4.57 Å². The van der Waals surface area contributed by atoms with Crippen molar-refractivity contribution in [3.8, 4) is 0 Å². The topological polar surface area (TPSA) is 17.1 Å². The van der Waals surface area contributed by atoms with Crippen LogP contribution in [0.4, 0.5) is 0 Å². The summed E-state index contributed by atoms with van der Waals surface area (Å²) < 4.78 is 11.5. The van der Waals surface area contributed by atoms with Crippen LogP contribution < -0.4 is 0 Å². The molecule has 1 nitrogen and oxygen atoms in total. The average molecular weight is 264 g/mol. The molecule has 0 bridgehead atoms. The van der Waals surface area contributed by atoms with Gasteiger partial charge in [0.05, 0.1) is 7.14 Å². The van der Waals surface area contributed by atoms with Crippen molar-refractivity contribution in [3.05, 3.63) is 42.0 Å². The van der Waals surface area contributed by atoms with Crippen molar-refractivity contribution in [2.45, 2.75) is 32.1 Å². The third-order valence-corrected chi connectivity index (χ3v) is 4.32. The number of hydrogen-bond donors (Lipinski definition) is 0. The average Bonchev–Trinajstić information content (AvgIpc) is 2.32. The molecule has 0 heterocycles. The second-order valence-corrected chi connectivity index (χ2v) is 8.91. The SMILES string of the molecule is CP(C)(=O)CCCCCCC=Cc1ccccc1. The van der Waals surface area contributed by atoms with E-state index in [-0.39, 0.29) is 0 Å². The lowest BCUT2D eigenvalue weighted by molar-refractivity contribution is 0.577. The molecule has 1 rings (SSSR count). The maximum Gasteiger partial charge on any atom is 0.0819 e. The Kier molecular flexibility index (Phi) is 7.05. The van der Waals surface area contributed by atoms with Gasteiger partial charge in [0, 0.05) is 6.16 Å². The number of unbranched alkanes of at least 4 members (excludes halogenated alkanes) is 4. The second kappa shape index (κ2) is 8.32. The maximum absolute atomic E-state index is 11.5. The van der Waals surface area contributed by atoms with Gasteiger partial charge in [-0.05, 0) is 38.2 Å². The standard InChI is InChI=1S/C16H25OP/c1-18(2,17)15-11-6-4-3-5-8-12-16-13-9-7-10-14-16/h7-10,12-14H,3-6,11,15H2,1-2H3. The zero-order valence-corrected chi connectivity index (χ0v) is 12.5. The minimum atomic E-state index is -1.78. The molecule has 0 amide bonds. The van der Waals surface area contributed by atoms with Gasteiger partial charge in [-0.25, -0.2) is 0 Å². The Morgan fingerprint density at radius 1 is 1.00 bits per heavy atom. The van der Waals surface area contributed by atoms with E-state index in [4.69, 9.17) is 0 Å². The fourth-order valence-electron chi connectivity index (χ4n) is 1.89. The van der Waals surface area contributed by atoms with Crippen molar-refractivity contribution in [2.75, 3.05) is 19.5 Å². The van der Waals surface area contributed by atoms with Gasteiger partial charge in [-0.3, -0.25) is 0 Å². The third-order valence-electron chi connectivity index (χ3n) is 2.93. The first-order valence-electron chi connectivity index (χ1n) is 6.83. The number of allylic oxidation sites excluding steroid dienone is 1. The summed E-state index contributed by atoms with van der Waals surface area (Å²) >= 11 is 0. The van der Waals surface area contributed by atoms with Gasteiger partial charge in [-0.15, -0.1) is 0 Å². The molecule has 0 unspecified atom stereocenters. The summed E-state index contributed by atoms with van der Waals surface area (Å²) in [5.74, 6) is 0. The van der Waals surface area contributed by atoms with Crippen molar-refractivity contribution in [2.24, 2.45) is 0 Å². The van der Waals surface area contributed by atoms with Crippen LogP contribution in [0.25, 0.3) is 6.08 Å². The van der Waals surface area contributed by atoms with Gasteiger partial charge >= 0.3 is 0 Å². The molecule has 0 fully saturated rings. The van der Waals surface area contributed by atoms with Crippen LogP contribution in [-0.2, 0) is 4.57 Å². The van der Waals surface area contributed by atoms with Crippen molar-refractivity contribution in [1.29, 1.82) is 0 Å². The van der Waals surface area contributed by atoms with Crippen LogP contribution in [0.5, 0.6) is 0 Å². The van der Waals surface area contributed by atoms with E-state index in [9.17, 15) is 4.57 Å². The summed E-state index contributed by atoms with van der Waals surface area (Å²) in [5.41, 5.74) is 1.27. The summed E-state index contributed by atoms with van der Waals surface area (Å²) in [6.45, 7) is 3.77. The van der Waals surface area contributed by atoms with Gasteiger partial charge in [0.15, 0.2) is 0 Å². The summed E-state index contributed by atoms with van der Waals surface area (Å²) in [4.78, 5) is 0. The van der Waals surface area contributed by atoms with Crippen molar-refractivity contribution < 1.29 is 4.57 Å². The summed E-state index contributed by atoms with van der Waals surface area (Å²) in [7, 11) is -1.78. The van der Waals surface area contributed by atoms with Gasteiger partial charge in [0.1, 0.15) is 0 Å². The molecule has 1 aromatic carbocycles. The Morgan fingerprint density at radius 2 is 1.67 bits per heavy atom.